The van der Waals surface area contributed by atoms with Crippen molar-refractivity contribution in [1.82, 2.24) is 9.78 Å². The maximum atomic E-state index is 13.7. The number of sulfone groups is 1. The molecule has 3 aromatic rings. The van der Waals surface area contributed by atoms with Crippen LogP contribution in [0.3, 0.4) is 0 Å². The van der Waals surface area contributed by atoms with E-state index in [0.29, 0.717) is 16.9 Å². The second-order valence-corrected chi connectivity index (χ2v) is 8.00. The van der Waals surface area contributed by atoms with Crippen molar-refractivity contribution in [2.24, 2.45) is 0 Å². The Balaban J connectivity index is 2.16. The zero-order chi connectivity index (χ0) is 19.1. The van der Waals surface area contributed by atoms with Gasteiger partial charge < -0.3 is 0 Å². The normalized spacial score (nSPS) is 12.3. The number of rotatable bonds is 4. The molecule has 0 radical (unpaired) electrons. The van der Waals surface area contributed by atoms with Crippen LogP contribution >= 0.6 is 0 Å². The monoisotopic (exact) mass is 380 g/mol. The average Bonchev–Trinajstić information content (AvgIpc) is 3.00. The number of aromatic nitrogens is 2. The van der Waals surface area contributed by atoms with Gasteiger partial charge in [0, 0.05) is 18.7 Å². The predicted octanol–water partition coefficient (Wildman–Crippen LogP) is 4.19. The molecule has 0 bridgehead atoms. The van der Waals surface area contributed by atoms with Crippen LogP contribution in [0.15, 0.2) is 59.5 Å². The molecule has 0 atom stereocenters. The second-order valence-electron chi connectivity index (χ2n) is 5.99. The molecule has 4 nitrogen and oxygen atoms in total. The number of hydrogen-bond acceptors (Lipinski definition) is 3. The van der Waals surface area contributed by atoms with Crippen LogP contribution in [0, 0.1) is 5.82 Å². The van der Waals surface area contributed by atoms with Crippen molar-refractivity contribution in [3.05, 3.63) is 66.1 Å². The molecule has 0 amide bonds. The SMILES string of the molecule is CC(F)(F)c1cc(-c2ccc(F)cc2)n(-c2ccc(S(C)(=O)=O)cc2)n1. The van der Waals surface area contributed by atoms with E-state index in [0.717, 1.165) is 13.2 Å². The molecule has 3 rings (SSSR count). The van der Waals surface area contributed by atoms with Crippen LogP contribution in [-0.4, -0.2) is 24.5 Å². The molecule has 0 spiro atoms. The third kappa shape index (κ3) is 3.65. The van der Waals surface area contributed by atoms with Crippen molar-refractivity contribution >= 4 is 9.84 Å². The molecule has 1 heterocycles. The maximum absolute atomic E-state index is 13.7. The largest absolute Gasteiger partial charge is 0.288 e. The summed E-state index contributed by atoms with van der Waals surface area (Å²) in [6.07, 6.45) is 1.08. The Bertz CT molecular complexity index is 1040. The Kier molecular flexibility index (Phi) is 4.39. The van der Waals surface area contributed by atoms with Crippen LogP contribution in [0.5, 0.6) is 0 Å². The third-order valence-electron chi connectivity index (χ3n) is 3.81. The van der Waals surface area contributed by atoms with Gasteiger partial charge in [0.1, 0.15) is 11.5 Å². The van der Waals surface area contributed by atoms with Gasteiger partial charge in [-0.05, 0) is 54.6 Å². The number of benzene rings is 2. The van der Waals surface area contributed by atoms with Crippen molar-refractivity contribution < 1.29 is 21.6 Å². The molecule has 0 saturated carbocycles. The molecule has 0 unspecified atom stereocenters. The standard InChI is InChI=1S/C18H15F3N2O2S/c1-18(20,21)17-11-16(12-3-5-13(19)6-4-12)23(22-17)14-7-9-15(10-8-14)26(2,24)25/h3-11H,1-2H3. The summed E-state index contributed by atoms with van der Waals surface area (Å²) in [7, 11) is -3.38. The number of alkyl halides is 2. The highest BCUT2D eigenvalue weighted by Crippen LogP contribution is 2.32. The molecule has 1 aromatic heterocycles. The first-order chi connectivity index (χ1) is 12.1. The lowest BCUT2D eigenvalue weighted by atomic mass is 10.1. The lowest BCUT2D eigenvalue weighted by Gasteiger charge is -2.09. The van der Waals surface area contributed by atoms with E-state index in [1.54, 1.807) is 0 Å². The first-order valence-electron chi connectivity index (χ1n) is 7.60. The van der Waals surface area contributed by atoms with Gasteiger partial charge in [0.2, 0.25) is 0 Å². The Labute approximate surface area is 148 Å². The molecule has 26 heavy (non-hydrogen) atoms. The quantitative estimate of drug-likeness (QED) is 0.682. The Morgan fingerprint density at radius 2 is 1.58 bits per heavy atom. The Morgan fingerprint density at radius 1 is 1.00 bits per heavy atom. The lowest BCUT2D eigenvalue weighted by Crippen LogP contribution is -2.09. The molecular formula is C18H15F3N2O2S. The number of hydrogen-bond donors (Lipinski definition) is 0. The summed E-state index contributed by atoms with van der Waals surface area (Å²) < 4.78 is 65.1. The van der Waals surface area contributed by atoms with E-state index in [1.807, 2.05) is 0 Å². The van der Waals surface area contributed by atoms with Gasteiger partial charge in [-0.3, -0.25) is 0 Å². The zero-order valence-corrected chi connectivity index (χ0v) is 14.8. The van der Waals surface area contributed by atoms with E-state index < -0.39 is 27.3 Å². The van der Waals surface area contributed by atoms with Crippen molar-refractivity contribution in [2.75, 3.05) is 6.26 Å². The molecule has 0 fully saturated rings. The van der Waals surface area contributed by atoms with Crippen molar-refractivity contribution in [2.45, 2.75) is 17.7 Å². The van der Waals surface area contributed by atoms with Crippen molar-refractivity contribution in [1.29, 1.82) is 0 Å². The van der Waals surface area contributed by atoms with Crippen LogP contribution in [0.25, 0.3) is 16.9 Å². The fraction of sp³-hybridized carbons (Fsp3) is 0.167. The van der Waals surface area contributed by atoms with Gasteiger partial charge in [-0.25, -0.2) is 17.5 Å². The highest BCUT2D eigenvalue weighted by molar-refractivity contribution is 7.90. The molecule has 136 valence electrons. The molecule has 0 aliphatic rings. The molecule has 0 aliphatic carbocycles. The highest BCUT2D eigenvalue weighted by atomic mass is 32.2. The van der Waals surface area contributed by atoms with E-state index in [2.05, 4.69) is 5.10 Å². The maximum Gasteiger partial charge on any atom is 0.288 e. The van der Waals surface area contributed by atoms with E-state index >= 15 is 0 Å². The van der Waals surface area contributed by atoms with Gasteiger partial charge in [0.15, 0.2) is 9.84 Å². The van der Waals surface area contributed by atoms with Gasteiger partial charge in [-0.1, -0.05) is 0 Å². The molecule has 0 aliphatic heterocycles. The van der Waals surface area contributed by atoms with Crippen LogP contribution in [0.4, 0.5) is 13.2 Å². The van der Waals surface area contributed by atoms with Crippen molar-refractivity contribution in [3.8, 4) is 16.9 Å². The predicted molar refractivity (Wildman–Crippen MR) is 91.6 cm³/mol. The molecular weight excluding hydrogens is 365 g/mol. The fourth-order valence-corrected chi connectivity index (χ4v) is 3.08. The van der Waals surface area contributed by atoms with Crippen molar-refractivity contribution in [3.63, 3.8) is 0 Å². The topological polar surface area (TPSA) is 52.0 Å². The lowest BCUT2D eigenvalue weighted by molar-refractivity contribution is 0.0124. The smallest absolute Gasteiger partial charge is 0.233 e. The van der Waals surface area contributed by atoms with E-state index in [9.17, 15) is 21.6 Å². The van der Waals surface area contributed by atoms with Gasteiger partial charge in [0.25, 0.3) is 5.92 Å². The fourth-order valence-electron chi connectivity index (χ4n) is 2.45. The molecule has 0 saturated heterocycles. The van der Waals surface area contributed by atoms with Crippen LogP contribution in [-0.2, 0) is 15.8 Å². The Hall–Kier alpha value is -2.61. The molecule has 0 N–H and O–H groups in total. The molecule has 8 heteroatoms. The zero-order valence-electron chi connectivity index (χ0n) is 13.9. The van der Waals surface area contributed by atoms with E-state index in [4.69, 9.17) is 0 Å². The summed E-state index contributed by atoms with van der Waals surface area (Å²) >= 11 is 0. The first kappa shape index (κ1) is 18.2. The van der Waals surface area contributed by atoms with Crippen LogP contribution in [0.2, 0.25) is 0 Å². The average molecular weight is 380 g/mol. The Morgan fingerprint density at radius 3 is 2.08 bits per heavy atom. The number of halogens is 3. The third-order valence-corrected chi connectivity index (χ3v) is 4.94. The minimum Gasteiger partial charge on any atom is -0.233 e. The number of nitrogens with zero attached hydrogens (tertiary/aromatic N) is 2. The summed E-state index contributed by atoms with van der Waals surface area (Å²) in [5, 5.41) is 3.97. The van der Waals surface area contributed by atoms with E-state index in [-0.39, 0.29) is 4.90 Å². The molecule has 2 aromatic carbocycles. The van der Waals surface area contributed by atoms with Crippen LogP contribution < -0.4 is 0 Å². The summed E-state index contributed by atoms with van der Waals surface area (Å²) in [5.74, 6) is -3.61. The summed E-state index contributed by atoms with van der Waals surface area (Å²) in [6.45, 7) is 0.737. The second kappa shape index (κ2) is 6.28. The highest BCUT2D eigenvalue weighted by Gasteiger charge is 2.29. The van der Waals surface area contributed by atoms with Gasteiger partial charge in [-0.15, -0.1) is 0 Å². The minimum atomic E-state index is -3.38. The summed E-state index contributed by atoms with van der Waals surface area (Å²) in [4.78, 5) is 0.109. The van der Waals surface area contributed by atoms with Gasteiger partial charge >= 0.3 is 0 Å². The summed E-state index contributed by atoms with van der Waals surface area (Å²) in [5.41, 5.74) is 0.812. The summed E-state index contributed by atoms with van der Waals surface area (Å²) in [6, 6.07) is 12.3. The van der Waals surface area contributed by atoms with Gasteiger partial charge in [0.05, 0.1) is 16.3 Å². The minimum absolute atomic E-state index is 0.109. The van der Waals surface area contributed by atoms with Crippen LogP contribution in [0.1, 0.15) is 12.6 Å². The van der Waals surface area contributed by atoms with E-state index in [1.165, 1.54) is 59.3 Å². The first-order valence-corrected chi connectivity index (χ1v) is 9.49. The van der Waals surface area contributed by atoms with Gasteiger partial charge in [-0.2, -0.15) is 13.9 Å².